The maximum absolute atomic E-state index is 2.45. The summed E-state index contributed by atoms with van der Waals surface area (Å²) in [6.45, 7) is 21.9. The first kappa shape index (κ1) is 18.9. The van der Waals surface area contributed by atoms with Crippen molar-refractivity contribution in [2.45, 2.75) is 97.0 Å². The van der Waals surface area contributed by atoms with Crippen molar-refractivity contribution in [2.75, 3.05) is 6.16 Å². The van der Waals surface area contributed by atoms with Crippen molar-refractivity contribution in [2.24, 2.45) is 0 Å². The van der Waals surface area contributed by atoms with Gasteiger partial charge in [0.1, 0.15) is 0 Å². The van der Waals surface area contributed by atoms with Gasteiger partial charge in [0.05, 0.1) is 0 Å². The molecule has 0 aliphatic heterocycles. The van der Waals surface area contributed by atoms with Crippen LogP contribution < -0.4 is 0 Å². The third-order valence-electron chi connectivity index (χ3n) is 3.83. The molecule has 110 valence electrons. The largest absolute Gasteiger partial charge is 0.101 e. The normalized spacial score (nSPS) is 14.8. The highest BCUT2D eigenvalue weighted by molar-refractivity contribution is 7.63. The van der Waals surface area contributed by atoms with Crippen LogP contribution in [0.1, 0.15) is 68.7 Å². The molecule has 1 unspecified atom stereocenters. The summed E-state index contributed by atoms with van der Waals surface area (Å²) in [4.78, 5) is 0. The van der Waals surface area contributed by atoms with Crippen molar-refractivity contribution in [3.63, 3.8) is 0 Å². The zero-order valence-corrected chi connectivity index (χ0v) is 16.0. The van der Waals surface area contributed by atoms with Crippen molar-refractivity contribution in [1.82, 2.24) is 0 Å². The van der Waals surface area contributed by atoms with Crippen LogP contribution in [0.15, 0.2) is 0 Å². The quantitative estimate of drug-likeness (QED) is 0.456. The van der Waals surface area contributed by atoms with Gasteiger partial charge in [0, 0.05) is 0 Å². The van der Waals surface area contributed by atoms with E-state index in [4.69, 9.17) is 0 Å². The molecule has 0 nitrogen and oxygen atoms in total. The Morgan fingerprint density at radius 3 is 1.28 bits per heavy atom. The van der Waals surface area contributed by atoms with Crippen LogP contribution in [-0.2, 0) is 0 Å². The zero-order chi connectivity index (χ0) is 14.5. The molecule has 0 fully saturated rings. The Morgan fingerprint density at radius 1 is 0.667 bits per heavy atom. The molecule has 0 aromatic carbocycles. The molecule has 0 radical (unpaired) electrons. The molecular formula is C16H36P2. The van der Waals surface area contributed by atoms with Gasteiger partial charge >= 0.3 is 0 Å². The van der Waals surface area contributed by atoms with Crippen molar-refractivity contribution in [3.8, 4) is 0 Å². The molecule has 2 heteroatoms. The SMILES string of the molecule is CCC(CP(C(C)C)C(C)C)P(C(C)C)C(C)C. The summed E-state index contributed by atoms with van der Waals surface area (Å²) < 4.78 is 0. The predicted molar refractivity (Wildman–Crippen MR) is 93.3 cm³/mol. The van der Waals surface area contributed by atoms with Crippen LogP contribution in [0.2, 0.25) is 0 Å². The minimum absolute atomic E-state index is 0.192. The molecule has 1 atom stereocenters. The Morgan fingerprint density at radius 2 is 1.06 bits per heavy atom. The summed E-state index contributed by atoms with van der Waals surface area (Å²) in [5.74, 6) is 0. The van der Waals surface area contributed by atoms with Crippen LogP contribution in [-0.4, -0.2) is 34.5 Å². The molecule has 0 aromatic rings. The molecule has 18 heavy (non-hydrogen) atoms. The van der Waals surface area contributed by atoms with Crippen LogP contribution in [0.5, 0.6) is 0 Å². The van der Waals surface area contributed by atoms with E-state index in [1.54, 1.807) is 0 Å². The van der Waals surface area contributed by atoms with Crippen LogP contribution in [0, 0.1) is 0 Å². The maximum Gasteiger partial charge on any atom is -0.0168 e. The van der Waals surface area contributed by atoms with Crippen molar-refractivity contribution >= 4 is 15.8 Å². The second-order valence-electron chi connectivity index (χ2n) is 6.58. The molecule has 0 spiro atoms. The van der Waals surface area contributed by atoms with E-state index in [2.05, 4.69) is 62.3 Å². The molecule has 0 aliphatic rings. The van der Waals surface area contributed by atoms with Gasteiger partial charge in [0.2, 0.25) is 0 Å². The van der Waals surface area contributed by atoms with E-state index in [0.29, 0.717) is 0 Å². The Labute approximate surface area is 119 Å². The molecule has 0 saturated carbocycles. The number of hydrogen-bond donors (Lipinski definition) is 0. The Kier molecular flexibility index (Phi) is 9.34. The monoisotopic (exact) mass is 290 g/mol. The Hall–Kier alpha value is 0.860. The lowest BCUT2D eigenvalue weighted by Crippen LogP contribution is -2.22. The van der Waals surface area contributed by atoms with E-state index < -0.39 is 0 Å². The first-order chi connectivity index (χ1) is 8.22. The van der Waals surface area contributed by atoms with E-state index >= 15 is 0 Å². The lowest BCUT2D eigenvalue weighted by molar-refractivity contribution is 0.843. The average Bonchev–Trinajstić information content (AvgIpc) is 2.21. The van der Waals surface area contributed by atoms with Gasteiger partial charge in [-0.2, -0.15) is 0 Å². The second-order valence-corrected chi connectivity index (χ2v) is 13.7. The van der Waals surface area contributed by atoms with Gasteiger partial charge in [0.25, 0.3) is 0 Å². The lowest BCUT2D eigenvalue weighted by atomic mass is 10.4. The fourth-order valence-corrected chi connectivity index (χ4v) is 10.5. The van der Waals surface area contributed by atoms with Gasteiger partial charge in [-0.1, -0.05) is 70.2 Å². The van der Waals surface area contributed by atoms with E-state index in [9.17, 15) is 0 Å². The van der Waals surface area contributed by atoms with E-state index in [1.165, 1.54) is 12.6 Å². The first-order valence-electron chi connectivity index (χ1n) is 7.75. The van der Waals surface area contributed by atoms with Crippen LogP contribution in [0.4, 0.5) is 0 Å². The summed E-state index contributed by atoms with van der Waals surface area (Å²) in [6, 6.07) is 0. The maximum atomic E-state index is 2.45. The van der Waals surface area contributed by atoms with E-state index in [0.717, 1.165) is 28.3 Å². The number of rotatable bonds is 8. The first-order valence-corrected chi connectivity index (χ1v) is 11.0. The van der Waals surface area contributed by atoms with Crippen molar-refractivity contribution < 1.29 is 0 Å². The average molecular weight is 290 g/mol. The molecule has 0 heterocycles. The summed E-state index contributed by atoms with van der Waals surface area (Å²) >= 11 is 0. The zero-order valence-electron chi connectivity index (χ0n) is 14.2. The molecule has 0 N–H and O–H groups in total. The van der Waals surface area contributed by atoms with Gasteiger partial charge in [0.15, 0.2) is 0 Å². The van der Waals surface area contributed by atoms with Crippen molar-refractivity contribution in [1.29, 1.82) is 0 Å². The topological polar surface area (TPSA) is 0 Å². The van der Waals surface area contributed by atoms with Gasteiger partial charge in [-0.15, -0.1) is 7.92 Å². The standard InChI is InChI=1S/C16H36P2/c1-10-16(18(14(6)7)15(8)9)11-17(12(2)3)13(4)5/h12-16H,10-11H2,1-9H3. The minimum Gasteiger partial charge on any atom is -0.101 e. The highest BCUT2D eigenvalue weighted by Crippen LogP contribution is 2.57. The van der Waals surface area contributed by atoms with E-state index in [1.807, 2.05) is 0 Å². The predicted octanol–water partition coefficient (Wildman–Crippen LogP) is 6.36. The fraction of sp³-hybridized carbons (Fsp3) is 1.00. The minimum atomic E-state index is 0.192. The van der Waals surface area contributed by atoms with Gasteiger partial charge < -0.3 is 0 Å². The fourth-order valence-electron chi connectivity index (χ4n) is 3.14. The highest BCUT2D eigenvalue weighted by Gasteiger charge is 2.29. The van der Waals surface area contributed by atoms with Gasteiger partial charge in [-0.05, 0) is 40.9 Å². The van der Waals surface area contributed by atoms with Crippen molar-refractivity contribution in [3.05, 3.63) is 0 Å². The lowest BCUT2D eigenvalue weighted by Gasteiger charge is -2.38. The Balaban J connectivity index is 4.84. The molecule has 0 saturated heterocycles. The second kappa shape index (κ2) is 8.92. The summed E-state index contributed by atoms with van der Waals surface area (Å²) in [6.07, 6.45) is 2.91. The van der Waals surface area contributed by atoms with E-state index in [-0.39, 0.29) is 15.8 Å². The summed E-state index contributed by atoms with van der Waals surface area (Å²) in [7, 11) is 0.402. The molecular weight excluding hydrogens is 254 g/mol. The van der Waals surface area contributed by atoms with Crippen LogP contribution >= 0.6 is 15.8 Å². The smallest absolute Gasteiger partial charge is 0.0168 e. The third-order valence-corrected chi connectivity index (χ3v) is 11.4. The molecule has 0 aromatic heterocycles. The Bertz CT molecular complexity index is 193. The number of hydrogen-bond acceptors (Lipinski definition) is 0. The summed E-state index contributed by atoms with van der Waals surface area (Å²) in [5.41, 5.74) is 4.56. The molecule has 0 aliphatic carbocycles. The van der Waals surface area contributed by atoms with Gasteiger partial charge in [-0.3, -0.25) is 0 Å². The summed E-state index contributed by atoms with van der Waals surface area (Å²) in [5, 5.41) is 0. The third kappa shape index (κ3) is 5.88. The molecule has 0 bridgehead atoms. The molecule has 0 rings (SSSR count). The van der Waals surface area contributed by atoms with Crippen LogP contribution in [0.3, 0.4) is 0 Å². The van der Waals surface area contributed by atoms with Gasteiger partial charge in [-0.25, -0.2) is 0 Å². The highest BCUT2D eigenvalue weighted by atomic mass is 31.1. The van der Waals surface area contributed by atoms with Crippen LogP contribution in [0.25, 0.3) is 0 Å². The molecule has 0 amide bonds.